The lowest BCUT2D eigenvalue weighted by molar-refractivity contribution is -0.142. The Hall–Kier alpha value is -3.39. The smallest absolute Gasteiger partial charge is 0.302 e. The highest BCUT2D eigenvalue weighted by Crippen LogP contribution is 2.36. The number of H-pyrrole nitrogens is 1. The zero-order chi connectivity index (χ0) is 24.1. The van der Waals surface area contributed by atoms with Crippen molar-refractivity contribution in [1.29, 1.82) is 0 Å². The Balaban J connectivity index is 1.55. The van der Waals surface area contributed by atoms with E-state index in [4.69, 9.17) is 0 Å². The number of thiophene rings is 1. The van der Waals surface area contributed by atoms with Crippen molar-refractivity contribution >= 4 is 43.9 Å². The topological polar surface area (TPSA) is 96.8 Å². The molecule has 1 aromatic carbocycles. The summed E-state index contributed by atoms with van der Waals surface area (Å²) in [4.78, 5) is 43.3. The third kappa shape index (κ3) is 4.30. The van der Waals surface area contributed by atoms with Crippen LogP contribution in [-0.2, 0) is 24.4 Å². The van der Waals surface area contributed by atoms with Gasteiger partial charge in [-0.05, 0) is 23.1 Å². The van der Waals surface area contributed by atoms with Gasteiger partial charge in [0.15, 0.2) is 5.13 Å². The van der Waals surface area contributed by atoms with Crippen molar-refractivity contribution in [2.75, 3.05) is 5.32 Å². The van der Waals surface area contributed by atoms with Gasteiger partial charge in [0.2, 0.25) is 5.91 Å². The average Bonchev–Trinajstić information content (AvgIpc) is 3.31. The number of halogens is 5. The number of alkyl halides is 3. The summed E-state index contributed by atoms with van der Waals surface area (Å²) in [6.45, 7) is 0. The first kappa shape index (κ1) is 22.8. The molecule has 14 heteroatoms. The third-order valence-electron chi connectivity index (χ3n) is 4.63. The SMILES string of the molecule is Cn1c(=O)[nH]c2scc(CC(=O)Nc3nc(-c4cc(F)c(C(F)(F)F)c(F)c4)cs3)c2c1=O. The maximum atomic E-state index is 13.8. The Bertz CT molecular complexity index is 1490. The molecule has 3 aromatic heterocycles. The van der Waals surface area contributed by atoms with Crippen molar-refractivity contribution in [2.45, 2.75) is 12.6 Å². The van der Waals surface area contributed by atoms with Gasteiger partial charge in [0, 0.05) is 18.0 Å². The van der Waals surface area contributed by atoms with Gasteiger partial charge in [0.1, 0.15) is 22.0 Å². The largest absolute Gasteiger partial charge is 0.422 e. The number of anilines is 1. The highest BCUT2D eigenvalue weighted by molar-refractivity contribution is 7.17. The molecular weight excluding hydrogens is 491 g/mol. The van der Waals surface area contributed by atoms with Crippen LogP contribution in [0.2, 0.25) is 0 Å². The number of rotatable bonds is 4. The molecule has 0 bridgehead atoms. The summed E-state index contributed by atoms with van der Waals surface area (Å²) in [6, 6.07) is 1.03. The van der Waals surface area contributed by atoms with Crippen LogP contribution in [0.15, 0.2) is 32.5 Å². The number of amides is 1. The molecule has 7 nitrogen and oxygen atoms in total. The van der Waals surface area contributed by atoms with Crippen molar-refractivity contribution in [2.24, 2.45) is 7.05 Å². The van der Waals surface area contributed by atoms with Crippen molar-refractivity contribution < 1.29 is 26.7 Å². The van der Waals surface area contributed by atoms with Crippen LogP contribution >= 0.6 is 22.7 Å². The Kier molecular flexibility index (Phi) is 5.66. The first-order valence-corrected chi connectivity index (χ1v) is 10.7. The summed E-state index contributed by atoms with van der Waals surface area (Å²) < 4.78 is 66.7. The maximum absolute atomic E-state index is 13.8. The molecule has 2 N–H and O–H groups in total. The van der Waals surface area contributed by atoms with Crippen molar-refractivity contribution in [3.63, 3.8) is 0 Å². The average molecular weight is 502 g/mol. The number of hydrogen-bond donors (Lipinski definition) is 2. The number of carbonyl (C=O) groups excluding carboxylic acids is 1. The van der Waals surface area contributed by atoms with Gasteiger partial charge >= 0.3 is 11.9 Å². The lowest BCUT2D eigenvalue weighted by Crippen LogP contribution is -2.32. The van der Waals surface area contributed by atoms with E-state index in [0.29, 0.717) is 22.5 Å². The molecule has 0 fully saturated rings. The zero-order valence-corrected chi connectivity index (χ0v) is 18.0. The maximum Gasteiger partial charge on any atom is 0.422 e. The fourth-order valence-electron chi connectivity index (χ4n) is 3.08. The second-order valence-electron chi connectivity index (χ2n) is 6.83. The molecule has 172 valence electrons. The first-order valence-electron chi connectivity index (χ1n) is 8.97. The lowest BCUT2D eigenvalue weighted by atomic mass is 10.1. The molecule has 0 aliphatic rings. The van der Waals surface area contributed by atoms with E-state index in [1.54, 1.807) is 5.38 Å². The quantitative estimate of drug-likeness (QED) is 0.414. The van der Waals surface area contributed by atoms with Crippen LogP contribution in [0.5, 0.6) is 0 Å². The van der Waals surface area contributed by atoms with Gasteiger partial charge in [-0.2, -0.15) is 13.2 Å². The van der Waals surface area contributed by atoms with Gasteiger partial charge in [-0.3, -0.25) is 19.1 Å². The lowest BCUT2D eigenvalue weighted by Gasteiger charge is -2.10. The molecule has 0 atom stereocenters. The highest BCUT2D eigenvalue weighted by Gasteiger charge is 2.38. The van der Waals surface area contributed by atoms with E-state index < -0.39 is 40.5 Å². The summed E-state index contributed by atoms with van der Waals surface area (Å²) in [6.07, 6.45) is -5.41. The number of aromatic nitrogens is 3. The minimum absolute atomic E-state index is 0.0331. The summed E-state index contributed by atoms with van der Waals surface area (Å²) in [7, 11) is 1.30. The van der Waals surface area contributed by atoms with Gasteiger partial charge < -0.3 is 5.32 Å². The van der Waals surface area contributed by atoms with Gasteiger partial charge in [0.25, 0.3) is 5.56 Å². The van der Waals surface area contributed by atoms with E-state index >= 15 is 0 Å². The van der Waals surface area contributed by atoms with Crippen molar-refractivity contribution in [1.82, 2.24) is 14.5 Å². The molecule has 0 spiro atoms. The minimum atomic E-state index is -5.19. The monoisotopic (exact) mass is 502 g/mol. The van der Waals surface area contributed by atoms with E-state index in [9.17, 15) is 36.3 Å². The minimum Gasteiger partial charge on any atom is -0.302 e. The molecule has 33 heavy (non-hydrogen) atoms. The number of thiazole rings is 1. The van der Waals surface area contributed by atoms with Gasteiger partial charge in [-0.1, -0.05) is 0 Å². The number of hydrogen-bond acceptors (Lipinski definition) is 6. The second kappa shape index (κ2) is 8.19. The molecule has 0 saturated heterocycles. The van der Waals surface area contributed by atoms with E-state index in [0.717, 1.165) is 27.2 Å². The van der Waals surface area contributed by atoms with E-state index in [2.05, 4.69) is 15.3 Å². The summed E-state index contributed by atoms with van der Waals surface area (Å²) in [5, 5.41) is 5.59. The molecule has 0 aliphatic heterocycles. The predicted octanol–water partition coefficient (Wildman–Crippen LogP) is 3.89. The standard InChI is InChI=1S/C19H11F5N4O3S2/c1-28-16(30)13-8(5-32-15(13)27-18(28)31)4-12(29)26-17-25-11(6-33-17)7-2-9(20)14(10(21)3-7)19(22,23)24/h2-3,5-6H,4H2,1H3,(H,27,31)(H,25,26,29). The molecule has 4 aromatic rings. The molecular formula is C19H11F5N4O3S2. The van der Waals surface area contributed by atoms with Gasteiger partial charge in [0.05, 0.1) is 17.5 Å². The van der Waals surface area contributed by atoms with Crippen molar-refractivity contribution in [3.8, 4) is 11.3 Å². The third-order valence-corrected chi connectivity index (χ3v) is 6.34. The van der Waals surface area contributed by atoms with Crippen LogP contribution in [0.4, 0.5) is 27.1 Å². The van der Waals surface area contributed by atoms with Gasteiger partial charge in [-0.25, -0.2) is 18.6 Å². The summed E-state index contributed by atoms with van der Waals surface area (Å²) in [5.41, 5.74) is -3.02. The van der Waals surface area contributed by atoms with Crippen LogP contribution in [0, 0.1) is 11.6 Å². The zero-order valence-electron chi connectivity index (χ0n) is 16.3. The molecule has 1 amide bonds. The predicted molar refractivity (Wildman–Crippen MR) is 112 cm³/mol. The molecule has 0 aliphatic carbocycles. The van der Waals surface area contributed by atoms with Crippen LogP contribution in [0.1, 0.15) is 11.1 Å². The Morgan fingerprint density at radius 2 is 1.82 bits per heavy atom. The molecule has 0 radical (unpaired) electrons. The molecule has 0 unspecified atom stereocenters. The number of carbonyl (C=O) groups is 1. The normalized spacial score (nSPS) is 11.8. The Morgan fingerprint density at radius 1 is 1.15 bits per heavy atom. The van der Waals surface area contributed by atoms with Gasteiger partial charge in [-0.15, -0.1) is 22.7 Å². The number of nitrogens with zero attached hydrogens (tertiary/aromatic N) is 2. The molecule has 4 rings (SSSR count). The van der Waals surface area contributed by atoms with E-state index in [1.165, 1.54) is 12.4 Å². The van der Waals surface area contributed by atoms with Crippen molar-refractivity contribution in [3.05, 3.63) is 66.5 Å². The fraction of sp³-hybridized carbons (Fsp3) is 0.158. The fourth-order valence-corrected chi connectivity index (χ4v) is 4.76. The number of fused-ring (bicyclic) bond motifs is 1. The number of benzene rings is 1. The van der Waals surface area contributed by atoms with Crippen LogP contribution in [-0.4, -0.2) is 20.4 Å². The molecule has 3 heterocycles. The second-order valence-corrected chi connectivity index (χ2v) is 8.57. The Morgan fingerprint density at radius 3 is 2.45 bits per heavy atom. The summed E-state index contributed by atoms with van der Waals surface area (Å²) in [5.74, 6) is -4.12. The van der Waals surface area contributed by atoms with Crippen LogP contribution in [0.3, 0.4) is 0 Å². The molecule has 0 saturated carbocycles. The Labute approximate surface area is 188 Å². The van der Waals surface area contributed by atoms with E-state index in [-0.39, 0.29) is 28.2 Å². The van der Waals surface area contributed by atoms with E-state index in [1.807, 2.05) is 0 Å². The number of aromatic amines is 1. The highest BCUT2D eigenvalue weighted by atomic mass is 32.1. The number of nitrogens with one attached hydrogen (secondary N) is 2. The van der Waals surface area contributed by atoms with Crippen LogP contribution in [0.25, 0.3) is 21.5 Å². The first-order chi connectivity index (χ1) is 15.5. The van der Waals surface area contributed by atoms with Crippen LogP contribution < -0.4 is 16.6 Å². The summed E-state index contributed by atoms with van der Waals surface area (Å²) >= 11 is 1.99.